The third-order valence-corrected chi connectivity index (χ3v) is 3.16. The summed E-state index contributed by atoms with van der Waals surface area (Å²) in [6, 6.07) is 5.93. The number of thioether (sulfide) groups is 1. The normalized spacial score (nSPS) is 14.1. The van der Waals surface area contributed by atoms with Gasteiger partial charge in [0, 0.05) is 11.1 Å². The molecule has 6 heteroatoms. The van der Waals surface area contributed by atoms with Gasteiger partial charge in [-0.1, -0.05) is 42.2 Å². The molecule has 1 rings (SSSR count). The number of aliphatic carboxylic acids is 1. The smallest absolute Gasteiger partial charge is 0.334 e. The van der Waals surface area contributed by atoms with E-state index in [1.54, 1.807) is 6.07 Å². The van der Waals surface area contributed by atoms with Crippen LogP contribution in [0.1, 0.15) is 5.56 Å². The van der Waals surface area contributed by atoms with Crippen LogP contribution < -0.4 is 5.73 Å². The molecule has 0 heterocycles. The van der Waals surface area contributed by atoms with Crippen molar-refractivity contribution in [3.8, 4) is 0 Å². The van der Waals surface area contributed by atoms with Gasteiger partial charge >= 0.3 is 5.97 Å². The summed E-state index contributed by atoms with van der Waals surface area (Å²) >= 11 is 5.36. The Bertz CT molecular complexity index is 414. The number of rotatable bonds is 5. The summed E-state index contributed by atoms with van der Waals surface area (Å²) < 4.78 is 14.5. The molecule has 3 N–H and O–H groups in total. The second kappa shape index (κ2) is 5.38. The van der Waals surface area contributed by atoms with Gasteiger partial charge in [0.25, 0.3) is 0 Å². The summed E-state index contributed by atoms with van der Waals surface area (Å²) in [5, 5.41) is 8.98. The van der Waals surface area contributed by atoms with Gasteiger partial charge in [-0.25, -0.2) is 9.18 Å². The summed E-state index contributed by atoms with van der Waals surface area (Å²) in [4.78, 5) is 9.37. The number of carbonyl (C=O) groups is 1. The average molecular weight is 259 g/mol. The molecule has 0 fully saturated rings. The van der Waals surface area contributed by atoms with E-state index in [2.05, 4.69) is 12.2 Å². The Morgan fingerprint density at radius 3 is 2.75 bits per heavy atom. The number of carboxylic acids is 1. The molecule has 0 spiro atoms. The molecule has 86 valence electrons. The summed E-state index contributed by atoms with van der Waals surface area (Å²) in [7, 11) is 0. The monoisotopic (exact) mass is 259 g/mol. The number of hydrogen-bond donors (Lipinski definition) is 2. The third-order valence-electron chi connectivity index (χ3n) is 2.03. The van der Waals surface area contributed by atoms with E-state index >= 15 is 0 Å². The lowest BCUT2D eigenvalue weighted by Crippen LogP contribution is -2.46. The second-order valence-electron chi connectivity index (χ2n) is 3.18. The van der Waals surface area contributed by atoms with Gasteiger partial charge in [0.1, 0.15) is 5.82 Å². The van der Waals surface area contributed by atoms with Gasteiger partial charge in [-0.2, -0.15) is 0 Å². The van der Waals surface area contributed by atoms with E-state index in [1.807, 2.05) is 0 Å². The fraction of sp³-hybridized carbons (Fsp3) is 0.200. The van der Waals surface area contributed by atoms with Gasteiger partial charge in [0.05, 0.1) is 0 Å². The van der Waals surface area contributed by atoms with E-state index in [0.717, 1.165) is 11.8 Å². The van der Waals surface area contributed by atoms with E-state index in [1.165, 1.54) is 22.9 Å². The molecule has 0 amide bonds. The molecule has 0 aliphatic heterocycles. The number of nitrogens with two attached hydrogens (primary N) is 1. The highest BCUT2D eigenvalue weighted by atomic mass is 32.2. The zero-order chi connectivity index (χ0) is 12.2. The maximum atomic E-state index is 13.3. The van der Waals surface area contributed by atoms with Crippen LogP contribution in [-0.4, -0.2) is 20.6 Å². The summed E-state index contributed by atoms with van der Waals surface area (Å²) in [5.41, 5.74) is 5.91. The molecule has 0 aromatic heterocycles. The van der Waals surface area contributed by atoms with Gasteiger partial charge < -0.3 is 10.8 Å². The zero-order valence-electron chi connectivity index (χ0n) is 8.22. The summed E-state index contributed by atoms with van der Waals surface area (Å²) in [6.07, 6.45) is -0.118. The highest BCUT2D eigenvalue weighted by Crippen LogP contribution is 2.24. The maximum absolute atomic E-state index is 13.3. The predicted molar refractivity (Wildman–Crippen MR) is 65.9 cm³/mol. The molecule has 16 heavy (non-hydrogen) atoms. The maximum Gasteiger partial charge on any atom is 0.334 e. The zero-order valence-corrected chi connectivity index (χ0v) is 9.85. The largest absolute Gasteiger partial charge is 0.479 e. The van der Waals surface area contributed by atoms with E-state index in [9.17, 15) is 9.18 Å². The van der Waals surface area contributed by atoms with E-state index < -0.39 is 16.7 Å². The van der Waals surface area contributed by atoms with Crippen molar-refractivity contribution in [1.29, 1.82) is 0 Å². The van der Waals surface area contributed by atoms with Crippen LogP contribution >= 0.6 is 24.0 Å². The lowest BCUT2D eigenvalue weighted by Gasteiger charge is -2.22. The fourth-order valence-electron chi connectivity index (χ4n) is 1.18. The molecule has 0 aliphatic carbocycles. The minimum atomic E-state index is -1.62. The third kappa shape index (κ3) is 3.01. The van der Waals surface area contributed by atoms with Crippen LogP contribution in [0.3, 0.4) is 0 Å². The van der Waals surface area contributed by atoms with Crippen LogP contribution in [0, 0.1) is 5.82 Å². The Morgan fingerprint density at radius 2 is 2.25 bits per heavy atom. The molecular formula is C10H10FNO2S2. The number of carboxylic acid groups (broad SMARTS) is 1. The topological polar surface area (TPSA) is 63.3 Å². The van der Waals surface area contributed by atoms with E-state index in [-0.39, 0.29) is 12.0 Å². The van der Waals surface area contributed by atoms with Crippen LogP contribution in [0.2, 0.25) is 0 Å². The van der Waals surface area contributed by atoms with Crippen molar-refractivity contribution in [3.63, 3.8) is 0 Å². The number of thiocarbonyl (C=S) groups is 1. The van der Waals surface area contributed by atoms with Crippen LogP contribution in [0.15, 0.2) is 24.3 Å². The van der Waals surface area contributed by atoms with Crippen molar-refractivity contribution in [1.82, 2.24) is 0 Å². The molecule has 0 bridgehead atoms. The molecule has 1 atom stereocenters. The molecule has 1 unspecified atom stereocenters. The molecule has 1 aromatic carbocycles. The number of hydrogen-bond acceptors (Lipinski definition) is 4. The molecule has 0 saturated heterocycles. The highest BCUT2D eigenvalue weighted by Gasteiger charge is 2.35. The van der Waals surface area contributed by atoms with Gasteiger partial charge in [-0.15, -0.1) is 0 Å². The Hall–Kier alpha value is -0.980. The number of benzene rings is 1. The highest BCUT2D eigenvalue weighted by molar-refractivity contribution is 8.22. The predicted octanol–water partition coefficient (Wildman–Crippen LogP) is 1.80. The van der Waals surface area contributed by atoms with Crippen LogP contribution in [0.25, 0.3) is 0 Å². The lowest BCUT2D eigenvalue weighted by atomic mass is 10.1. The van der Waals surface area contributed by atoms with Gasteiger partial charge in [-0.3, -0.25) is 0 Å². The van der Waals surface area contributed by atoms with Crippen molar-refractivity contribution >= 4 is 34.6 Å². The minimum absolute atomic E-state index is 0.118. The standard InChI is InChI=1S/C10H10FNO2S2/c11-8-4-2-1-3-7(8)5-10(12,9(13)14)16-6-15/h1-4,6H,5,12H2,(H,13,14). The average Bonchev–Trinajstić information content (AvgIpc) is 2.21. The quantitative estimate of drug-likeness (QED) is 0.623. The van der Waals surface area contributed by atoms with Gasteiger partial charge in [0.2, 0.25) is 0 Å². The molecule has 1 aromatic rings. The van der Waals surface area contributed by atoms with Gasteiger partial charge in [-0.05, 0) is 11.6 Å². The Balaban J connectivity index is 2.97. The van der Waals surface area contributed by atoms with Crippen molar-refractivity contribution in [2.24, 2.45) is 5.73 Å². The first-order chi connectivity index (χ1) is 7.49. The number of halogens is 1. The molecule has 0 saturated carbocycles. The van der Waals surface area contributed by atoms with Crippen LogP contribution in [-0.2, 0) is 11.2 Å². The Labute approximate surface area is 102 Å². The summed E-state index contributed by atoms with van der Waals surface area (Å²) in [6.45, 7) is 0. The van der Waals surface area contributed by atoms with Crippen LogP contribution in [0.5, 0.6) is 0 Å². The molecule has 0 radical (unpaired) electrons. The first kappa shape index (κ1) is 13.1. The van der Waals surface area contributed by atoms with Gasteiger partial charge in [0.15, 0.2) is 4.87 Å². The minimum Gasteiger partial charge on any atom is -0.479 e. The first-order valence-electron chi connectivity index (χ1n) is 4.37. The summed E-state index contributed by atoms with van der Waals surface area (Å²) in [5.74, 6) is -1.69. The lowest BCUT2D eigenvalue weighted by molar-refractivity contribution is -0.139. The van der Waals surface area contributed by atoms with E-state index in [4.69, 9.17) is 10.8 Å². The van der Waals surface area contributed by atoms with Crippen molar-refractivity contribution < 1.29 is 14.3 Å². The molecular weight excluding hydrogens is 249 g/mol. The SMILES string of the molecule is NC(Cc1ccccc1F)(SC=S)C(=O)O. The van der Waals surface area contributed by atoms with Crippen molar-refractivity contribution in [2.75, 3.05) is 0 Å². The Morgan fingerprint density at radius 1 is 1.62 bits per heavy atom. The molecule has 3 nitrogen and oxygen atoms in total. The van der Waals surface area contributed by atoms with Crippen molar-refractivity contribution in [2.45, 2.75) is 11.3 Å². The van der Waals surface area contributed by atoms with E-state index in [0.29, 0.717) is 0 Å². The second-order valence-corrected chi connectivity index (χ2v) is 4.91. The Kier molecular flexibility index (Phi) is 4.40. The van der Waals surface area contributed by atoms with Crippen molar-refractivity contribution in [3.05, 3.63) is 35.6 Å². The first-order valence-corrected chi connectivity index (χ1v) is 5.72. The fourth-order valence-corrected chi connectivity index (χ4v) is 2.20. The molecule has 0 aliphatic rings. The van der Waals surface area contributed by atoms with Crippen LogP contribution in [0.4, 0.5) is 4.39 Å².